The molecule has 1 unspecified atom stereocenters. The number of amides is 1. The van der Waals surface area contributed by atoms with E-state index in [-0.39, 0.29) is 31.3 Å². The maximum Gasteiger partial charge on any atom is 0.295 e. The number of carbonyl (C=O) groups excluding carboxylic acids is 2. The molecular weight excluding hydrogens is 430 g/mol. The van der Waals surface area contributed by atoms with Crippen molar-refractivity contribution >= 4 is 17.4 Å². The van der Waals surface area contributed by atoms with Gasteiger partial charge in [-0.1, -0.05) is 6.07 Å². The second-order valence-corrected chi connectivity index (χ2v) is 7.40. The van der Waals surface area contributed by atoms with Gasteiger partial charge in [0.25, 0.3) is 11.7 Å². The molecule has 2 aliphatic heterocycles. The van der Waals surface area contributed by atoms with Gasteiger partial charge in [-0.3, -0.25) is 9.59 Å². The molecule has 1 fully saturated rings. The van der Waals surface area contributed by atoms with Gasteiger partial charge >= 0.3 is 0 Å². The summed E-state index contributed by atoms with van der Waals surface area (Å²) in [5.74, 6) is 0.189. The molecule has 0 saturated carbocycles. The van der Waals surface area contributed by atoms with Gasteiger partial charge in [-0.15, -0.1) is 0 Å². The van der Waals surface area contributed by atoms with Crippen LogP contribution in [0.25, 0.3) is 5.76 Å². The van der Waals surface area contributed by atoms with Crippen molar-refractivity contribution in [2.45, 2.75) is 13.0 Å². The summed E-state index contributed by atoms with van der Waals surface area (Å²) in [5, 5.41) is 11.2. The van der Waals surface area contributed by atoms with E-state index >= 15 is 0 Å². The monoisotopic (exact) mass is 455 g/mol. The Morgan fingerprint density at radius 1 is 1.09 bits per heavy atom. The topological polar surface area (TPSA) is 104 Å². The Morgan fingerprint density at radius 2 is 1.88 bits per heavy atom. The second kappa shape index (κ2) is 9.41. The molecule has 2 aromatic rings. The molecule has 33 heavy (non-hydrogen) atoms. The zero-order valence-electron chi connectivity index (χ0n) is 18.6. The largest absolute Gasteiger partial charge is 0.507 e. The van der Waals surface area contributed by atoms with Crippen molar-refractivity contribution in [2.24, 2.45) is 0 Å². The van der Waals surface area contributed by atoms with Gasteiger partial charge in [0.1, 0.15) is 5.76 Å². The number of aliphatic hydroxyl groups excluding tert-OH is 1. The van der Waals surface area contributed by atoms with Gasteiger partial charge in [0.2, 0.25) is 6.79 Å². The molecule has 1 saturated heterocycles. The number of Topliss-reactive ketones (excluding diaryl/α,β-unsaturated/α-hetero) is 1. The van der Waals surface area contributed by atoms with E-state index in [2.05, 4.69) is 0 Å². The lowest BCUT2D eigenvalue weighted by Gasteiger charge is -2.25. The van der Waals surface area contributed by atoms with Gasteiger partial charge < -0.3 is 33.7 Å². The number of ether oxygens (including phenoxy) is 5. The number of likely N-dealkylation sites (tertiary alicyclic amines) is 1. The number of methoxy groups -OCH3 is 2. The average molecular weight is 455 g/mol. The summed E-state index contributed by atoms with van der Waals surface area (Å²) in [6.45, 7) is 2.71. The van der Waals surface area contributed by atoms with Gasteiger partial charge in [-0.05, 0) is 42.8 Å². The first-order valence-electron chi connectivity index (χ1n) is 10.5. The molecule has 0 aromatic heterocycles. The zero-order valence-corrected chi connectivity index (χ0v) is 18.6. The summed E-state index contributed by atoms with van der Waals surface area (Å²) < 4.78 is 26.9. The van der Waals surface area contributed by atoms with Crippen molar-refractivity contribution in [3.05, 3.63) is 53.1 Å². The molecule has 2 heterocycles. The predicted molar refractivity (Wildman–Crippen MR) is 118 cm³/mol. The normalized spacial score (nSPS) is 18.6. The molecule has 0 aliphatic carbocycles. The van der Waals surface area contributed by atoms with E-state index in [9.17, 15) is 14.7 Å². The fourth-order valence-corrected chi connectivity index (χ4v) is 3.98. The van der Waals surface area contributed by atoms with Crippen molar-refractivity contribution in [3.8, 4) is 23.0 Å². The molecule has 1 atom stereocenters. The number of fused-ring (bicyclic) bond motifs is 1. The zero-order chi connectivity index (χ0) is 23.5. The lowest BCUT2D eigenvalue weighted by Crippen LogP contribution is -2.32. The van der Waals surface area contributed by atoms with Crippen LogP contribution in [-0.4, -0.2) is 62.5 Å². The van der Waals surface area contributed by atoms with Crippen molar-refractivity contribution in [2.75, 3.05) is 40.8 Å². The maximum atomic E-state index is 13.1. The van der Waals surface area contributed by atoms with Crippen LogP contribution in [0.5, 0.6) is 23.0 Å². The van der Waals surface area contributed by atoms with Crippen molar-refractivity contribution in [3.63, 3.8) is 0 Å². The van der Waals surface area contributed by atoms with Crippen molar-refractivity contribution in [1.29, 1.82) is 0 Å². The maximum absolute atomic E-state index is 13.1. The molecule has 1 N–H and O–H groups in total. The van der Waals surface area contributed by atoms with Gasteiger partial charge in [-0.25, -0.2) is 0 Å². The molecular formula is C24H25NO8. The smallest absolute Gasteiger partial charge is 0.295 e. The second-order valence-electron chi connectivity index (χ2n) is 7.40. The summed E-state index contributed by atoms with van der Waals surface area (Å²) in [7, 11) is 3.04. The fourth-order valence-electron chi connectivity index (χ4n) is 3.98. The summed E-state index contributed by atoms with van der Waals surface area (Å²) in [6.07, 6.45) is 0. The van der Waals surface area contributed by atoms with Gasteiger partial charge in [0, 0.05) is 19.2 Å². The van der Waals surface area contributed by atoms with Crippen molar-refractivity contribution in [1.82, 2.24) is 4.90 Å². The average Bonchev–Trinajstić information content (AvgIpc) is 3.39. The minimum Gasteiger partial charge on any atom is -0.507 e. The summed E-state index contributed by atoms with van der Waals surface area (Å²) in [5.41, 5.74) is 0.909. The first-order valence-corrected chi connectivity index (χ1v) is 10.5. The third kappa shape index (κ3) is 4.07. The Balaban J connectivity index is 1.85. The number of ketones is 1. The van der Waals surface area contributed by atoms with Gasteiger partial charge in [-0.2, -0.15) is 0 Å². The van der Waals surface area contributed by atoms with Crippen LogP contribution >= 0.6 is 0 Å². The Bertz CT molecular complexity index is 1110. The molecule has 2 aliphatic rings. The Morgan fingerprint density at radius 3 is 2.61 bits per heavy atom. The van der Waals surface area contributed by atoms with Crippen LogP contribution in [0.4, 0.5) is 0 Å². The lowest BCUT2D eigenvalue weighted by atomic mass is 9.95. The predicted octanol–water partition coefficient (Wildman–Crippen LogP) is 2.89. The van der Waals surface area contributed by atoms with Gasteiger partial charge in [0.05, 0.1) is 31.9 Å². The third-order valence-corrected chi connectivity index (χ3v) is 5.53. The first kappa shape index (κ1) is 22.5. The highest BCUT2D eigenvalue weighted by molar-refractivity contribution is 6.46. The molecule has 0 bridgehead atoms. The van der Waals surface area contributed by atoms with Gasteiger partial charge in [0.15, 0.2) is 23.0 Å². The van der Waals surface area contributed by atoms with Crippen LogP contribution < -0.4 is 18.9 Å². The quantitative estimate of drug-likeness (QED) is 0.368. The number of carbonyl (C=O) groups is 2. The van der Waals surface area contributed by atoms with E-state index in [4.69, 9.17) is 23.7 Å². The first-order chi connectivity index (χ1) is 16.0. The molecule has 4 rings (SSSR count). The highest BCUT2D eigenvalue weighted by atomic mass is 16.7. The standard InChI is InChI=1S/C24H25NO8/c1-4-31-18-11-14(5-7-16(18)30-3)21-20(23(27)24(28)25(21)9-10-29-2)22(26)15-6-8-17-19(12-15)33-13-32-17/h5-8,11-12,21,26H,4,9-10,13H2,1-3H3/b22-20+. The number of benzene rings is 2. The molecule has 1 amide bonds. The van der Waals surface area contributed by atoms with E-state index in [0.29, 0.717) is 40.7 Å². The van der Waals surface area contributed by atoms with Crippen LogP contribution in [0.3, 0.4) is 0 Å². The van der Waals surface area contributed by atoms with Crippen LogP contribution in [0.2, 0.25) is 0 Å². The number of nitrogens with zero attached hydrogens (tertiary/aromatic N) is 1. The lowest BCUT2D eigenvalue weighted by molar-refractivity contribution is -0.140. The van der Waals surface area contributed by atoms with Crippen LogP contribution in [0.15, 0.2) is 42.0 Å². The Labute approximate surface area is 191 Å². The summed E-state index contributed by atoms with van der Waals surface area (Å²) in [6, 6.07) is 9.16. The molecule has 2 aromatic carbocycles. The van der Waals surface area contributed by atoms with E-state index in [1.54, 1.807) is 36.4 Å². The van der Waals surface area contributed by atoms with Crippen LogP contribution in [0, 0.1) is 0 Å². The van der Waals surface area contributed by atoms with Crippen LogP contribution in [-0.2, 0) is 14.3 Å². The van der Waals surface area contributed by atoms with E-state index in [0.717, 1.165) is 0 Å². The number of hydrogen-bond donors (Lipinski definition) is 1. The van der Waals surface area contributed by atoms with E-state index in [1.165, 1.54) is 19.1 Å². The fraction of sp³-hybridized carbons (Fsp3) is 0.333. The summed E-state index contributed by atoms with van der Waals surface area (Å²) in [4.78, 5) is 27.4. The van der Waals surface area contributed by atoms with Crippen molar-refractivity contribution < 1.29 is 38.4 Å². The van der Waals surface area contributed by atoms with E-state index in [1.807, 2.05) is 6.92 Å². The Kier molecular flexibility index (Phi) is 6.41. The van der Waals surface area contributed by atoms with E-state index < -0.39 is 17.7 Å². The summed E-state index contributed by atoms with van der Waals surface area (Å²) >= 11 is 0. The Hall–Kier alpha value is -3.72. The minimum atomic E-state index is -0.837. The number of rotatable bonds is 8. The highest BCUT2D eigenvalue weighted by Crippen LogP contribution is 2.43. The minimum absolute atomic E-state index is 0.0254. The SMILES string of the molecule is CCOc1cc(C2/C(=C(\O)c3ccc4c(c3)OCO4)C(=O)C(=O)N2CCOC)ccc1OC. The highest BCUT2D eigenvalue weighted by Gasteiger charge is 2.46. The number of hydrogen-bond acceptors (Lipinski definition) is 8. The third-order valence-electron chi connectivity index (χ3n) is 5.53. The molecule has 9 heteroatoms. The van der Waals surface area contributed by atoms with Crippen LogP contribution in [0.1, 0.15) is 24.1 Å². The molecule has 0 radical (unpaired) electrons. The molecule has 9 nitrogen and oxygen atoms in total. The molecule has 174 valence electrons. The number of aliphatic hydroxyl groups is 1. The molecule has 0 spiro atoms.